The summed E-state index contributed by atoms with van der Waals surface area (Å²) in [6.07, 6.45) is 4.04. The van der Waals surface area contributed by atoms with Gasteiger partial charge in [0.1, 0.15) is 5.54 Å². The van der Waals surface area contributed by atoms with Crippen molar-refractivity contribution in [2.24, 2.45) is 5.92 Å². The Morgan fingerprint density at radius 1 is 1.44 bits per heavy atom. The van der Waals surface area contributed by atoms with E-state index in [1.807, 2.05) is 0 Å². The summed E-state index contributed by atoms with van der Waals surface area (Å²) in [6, 6.07) is -0.260. The Morgan fingerprint density at radius 3 is 2.50 bits per heavy atom. The lowest BCUT2D eigenvalue weighted by Gasteiger charge is -2.20. The zero-order chi connectivity index (χ0) is 11.8. The van der Waals surface area contributed by atoms with Crippen LogP contribution in [0.3, 0.4) is 0 Å². The van der Waals surface area contributed by atoms with Crippen LogP contribution < -0.4 is 5.32 Å². The molecular formula is C11H16N2O3. The number of nitrogens with zero attached hydrogens (tertiary/aromatic N) is 1. The summed E-state index contributed by atoms with van der Waals surface area (Å²) in [5.41, 5.74) is -1.10. The summed E-state index contributed by atoms with van der Waals surface area (Å²) in [5.74, 6) is -1.11. The number of carboxylic acids is 1. The quantitative estimate of drug-likeness (QED) is 0.697. The molecule has 88 valence electrons. The highest BCUT2D eigenvalue weighted by Crippen LogP contribution is 2.44. The van der Waals surface area contributed by atoms with E-state index >= 15 is 0 Å². The monoisotopic (exact) mass is 224 g/mol. The molecule has 1 saturated carbocycles. The minimum atomic E-state index is -1.10. The summed E-state index contributed by atoms with van der Waals surface area (Å²) in [4.78, 5) is 24.6. The Balaban J connectivity index is 1.99. The van der Waals surface area contributed by atoms with Crippen molar-refractivity contribution < 1.29 is 14.7 Å². The maximum Gasteiger partial charge on any atom is 0.330 e. The molecule has 2 fully saturated rings. The summed E-state index contributed by atoms with van der Waals surface area (Å²) in [7, 11) is 0. The van der Waals surface area contributed by atoms with Gasteiger partial charge >= 0.3 is 12.0 Å². The van der Waals surface area contributed by atoms with Crippen LogP contribution >= 0.6 is 0 Å². The minimum absolute atomic E-state index is 0.142. The van der Waals surface area contributed by atoms with Crippen LogP contribution in [0.1, 0.15) is 19.3 Å². The van der Waals surface area contributed by atoms with E-state index in [0.717, 1.165) is 25.9 Å². The molecule has 2 N–H and O–H groups in total. The summed E-state index contributed by atoms with van der Waals surface area (Å²) in [6.45, 7) is 5.02. The van der Waals surface area contributed by atoms with Gasteiger partial charge in [-0.25, -0.2) is 9.59 Å². The van der Waals surface area contributed by atoms with Crippen molar-refractivity contribution in [3.63, 3.8) is 0 Å². The average molecular weight is 224 g/mol. The van der Waals surface area contributed by atoms with Crippen LogP contribution in [0.4, 0.5) is 4.79 Å². The fourth-order valence-corrected chi connectivity index (χ4v) is 2.21. The van der Waals surface area contributed by atoms with Crippen molar-refractivity contribution in [3.8, 4) is 0 Å². The Bertz CT molecular complexity index is 336. The molecule has 2 rings (SSSR count). The van der Waals surface area contributed by atoms with Crippen LogP contribution in [0.15, 0.2) is 12.7 Å². The number of urea groups is 1. The fourth-order valence-electron chi connectivity index (χ4n) is 2.21. The van der Waals surface area contributed by atoms with Crippen molar-refractivity contribution >= 4 is 12.0 Å². The zero-order valence-corrected chi connectivity index (χ0v) is 9.11. The highest BCUT2D eigenvalue weighted by atomic mass is 16.4. The first-order chi connectivity index (χ1) is 7.60. The van der Waals surface area contributed by atoms with Gasteiger partial charge in [-0.15, -0.1) is 6.58 Å². The number of likely N-dealkylation sites (tertiary alicyclic amines) is 1. The number of hydrogen-bond donors (Lipinski definition) is 2. The first-order valence-corrected chi connectivity index (χ1v) is 5.53. The lowest BCUT2D eigenvalue weighted by molar-refractivity contribution is -0.140. The molecule has 5 nitrogen and oxygen atoms in total. The Kier molecular flexibility index (Phi) is 2.61. The maximum atomic E-state index is 11.8. The first kappa shape index (κ1) is 11.0. The normalized spacial score (nSPS) is 32.2. The van der Waals surface area contributed by atoms with E-state index in [2.05, 4.69) is 11.9 Å². The van der Waals surface area contributed by atoms with E-state index in [9.17, 15) is 9.59 Å². The van der Waals surface area contributed by atoms with Crippen molar-refractivity contribution in [2.45, 2.75) is 24.8 Å². The molecular weight excluding hydrogens is 208 g/mol. The Morgan fingerprint density at radius 2 is 2.06 bits per heavy atom. The topological polar surface area (TPSA) is 69.6 Å². The van der Waals surface area contributed by atoms with Crippen LogP contribution in [-0.2, 0) is 4.79 Å². The van der Waals surface area contributed by atoms with Gasteiger partial charge in [0.25, 0.3) is 0 Å². The molecule has 1 saturated heterocycles. The summed E-state index contributed by atoms with van der Waals surface area (Å²) in [5, 5.41) is 11.7. The molecule has 0 bridgehead atoms. The van der Waals surface area contributed by atoms with Crippen LogP contribution in [0, 0.1) is 5.92 Å². The van der Waals surface area contributed by atoms with Crippen LogP contribution in [0.2, 0.25) is 0 Å². The number of hydrogen-bond acceptors (Lipinski definition) is 2. The number of carbonyl (C=O) groups is 2. The molecule has 2 amide bonds. The lowest BCUT2D eigenvalue weighted by atomic mass is 10.2. The van der Waals surface area contributed by atoms with Gasteiger partial charge in [0.05, 0.1) is 0 Å². The van der Waals surface area contributed by atoms with Crippen LogP contribution in [0.25, 0.3) is 0 Å². The largest absolute Gasteiger partial charge is 0.479 e. The molecule has 0 aromatic heterocycles. The molecule has 1 heterocycles. The van der Waals surface area contributed by atoms with E-state index < -0.39 is 11.5 Å². The molecule has 1 aliphatic heterocycles. The van der Waals surface area contributed by atoms with Gasteiger partial charge < -0.3 is 15.3 Å². The number of carboxylic acid groups (broad SMARTS) is 1. The van der Waals surface area contributed by atoms with Crippen molar-refractivity contribution in [3.05, 3.63) is 12.7 Å². The SMILES string of the molecule is C=CC1CC1(NC(=O)N1CCCC1)C(=O)O. The van der Waals surface area contributed by atoms with E-state index in [4.69, 9.17) is 5.11 Å². The predicted molar refractivity (Wildman–Crippen MR) is 58.0 cm³/mol. The Hall–Kier alpha value is -1.52. The van der Waals surface area contributed by atoms with Gasteiger partial charge in [0.15, 0.2) is 0 Å². The number of amides is 2. The zero-order valence-electron chi connectivity index (χ0n) is 9.11. The Labute approximate surface area is 94.1 Å². The number of rotatable bonds is 3. The van der Waals surface area contributed by atoms with Gasteiger partial charge in [0, 0.05) is 19.0 Å². The molecule has 2 unspecified atom stereocenters. The van der Waals surface area contributed by atoms with Gasteiger partial charge in [-0.3, -0.25) is 0 Å². The smallest absolute Gasteiger partial charge is 0.330 e. The molecule has 1 aliphatic carbocycles. The van der Waals surface area contributed by atoms with Crippen molar-refractivity contribution in [1.29, 1.82) is 0 Å². The highest BCUT2D eigenvalue weighted by Gasteiger charge is 2.60. The number of carbonyl (C=O) groups excluding carboxylic acids is 1. The second-order valence-electron chi connectivity index (χ2n) is 4.45. The van der Waals surface area contributed by atoms with Crippen molar-refractivity contribution in [2.75, 3.05) is 13.1 Å². The number of nitrogens with one attached hydrogen (secondary N) is 1. The maximum absolute atomic E-state index is 11.8. The highest BCUT2D eigenvalue weighted by molar-refractivity contribution is 5.90. The van der Waals surface area contributed by atoms with Gasteiger partial charge in [-0.1, -0.05) is 6.08 Å². The first-order valence-electron chi connectivity index (χ1n) is 5.53. The van der Waals surface area contributed by atoms with E-state index in [1.54, 1.807) is 11.0 Å². The van der Waals surface area contributed by atoms with Crippen LogP contribution in [0.5, 0.6) is 0 Å². The average Bonchev–Trinajstić information content (AvgIpc) is 2.74. The molecule has 5 heteroatoms. The molecule has 0 aromatic carbocycles. The second kappa shape index (κ2) is 3.81. The standard InChI is InChI=1S/C11H16N2O3/c1-2-8-7-11(8,9(14)15)12-10(16)13-5-3-4-6-13/h2,8H,1,3-7H2,(H,12,16)(H,14,15). The van der Waals surface area contributed by atoms with Crippen LogP contribution in [-0.4, -0.2) is 40.6 Å². The fraction of sp³-hybridized carbons (Fsp3) is 0.636. The van der Waals surface area contributed by atoms with E-state index in [0.29, 0.717) is 6.42 Å². The lowest BCUT2D eigenvalue weighted by Crippen LogP contribution is -2.50. The van der Waals surface area contributed by atoms with Gasteiger partial charge in [0.2, 0.25) is 0 Å². The van der Waals surface area contributed by atoms with Gasteiger partial charge in [-0.05, 0) is 19.3 Å². The molecule has 16 heavy (non-hydrogen) atoms. The summed E-state index contributed by atoms with van der Waals surface area (Å²) < 4.78 is 0. The molecule has 0 radical (unpaired) electrons. The third kappa shape index (κ3) is 1.66. The predicted octanol–water partition coefficient (Wildman–Crippen LogP) is 0.821. The second-order valence-corrected chi connectivity index (χ2v) is 4.45. The molecule has 0 spiro atoms. The van der Waals surface area contributed by atoms with E-state index in [-0.39, 0.29) is 11.9 Å². The number of aliphatic carboxylic acids is 1. The summed E-state index contributed by atoms with van der Waals surface area (Å²) >= 11 is 0. The molecule has 2 atom stereocenters. The van der Waals surface area contributed by atoms with Crippen molar-refractivity contribution in [1.82, 2.24) is 10.2 Å². The molecule has 2 aliphatic rings. The third-order valence-electron chi connectivity index (χ3n) is 3.40. The molecule has 0 aromatic rings. The minimum Gasteiger partial charge on any atom is -0.479 e. The third-order valence-corrected chi connectivity index (χ3v) is 3.40. The van der Waals surface area contributed by atoms with Gasteiger partial charge in [-0.2, -0.15) is 0 Å². The van der Waals surface area contributed by atoms with E-state index in [1.165, 1.54) is 0 Å².